The average Bonchev–Trinajstić information content (AvgIpc) is 2.88. The average molecular weight is 275 g/mol. The Hall–Kier alpha value is -1.84. The number of likely N-dealkylation sites (tertiary alicyclic amines) is 1. The van der Waals surface area contributed by atoms with Crippen molar-refractivity contribution < 1.29 is 14.7 Å². The zero-order valence-electron chi connectivity index (χ0n) is 12.0. The van der Waals surface area contributed by atoms with Gasteiger partial charge in [-0.2, -0.15) is 0 Å². The molecule has 0 spiro atoms. The highest BCUT2D eigenvalue weighted by Gasteiger charge is 2.36. The Labute approximate surface area is 119 Å². The number of hydrogen-bond donors (Lipinski definition) is 1. The molecule has 1 heterocycles. The van der Waals surface area contributed by atoms with E-state index in [4.69, 9.17) is 5.11 Å². The van der Waals surface area contributed by atoms with Crippen molar-refractivity contribution in [2.45, 2.75) is 44.6 Å². The highest BCUT2D eigenvalue weighted by molar-refractivity contribution is 5.85. The van der Waals surface area contributed by atoms with Gasteiger partial charge in [0.05, 0.1) is 0 Å². The highest BCUT2D eigenvalue weighted by atomic mass is 16.4. The zero-order chi connectivity index (χ0) is 14.8. The summed E-state index contributed by atoms with van der Waals surface area (Å²) in [6.45, 7) is 4.60. The van der Waals surface area contributed by atoms with Crippen molar-refractivity contribution >= 4 is 11.9 Å². The van der Waals surface area contributed by atoms with E-state index in [0.717, 1.165) is 12.0 Å². The Kier molecular flexibility index (Phi) is 4.12. The molecule has 1 fully saturated rings. The molecule has 2 rings (SSSR count). The lowest BCUT2D eigenvalue weighted by molar-refractivity contribution is -0.148. The van der Waals surface area contributed by atoms with Gasteiger partial charge in [-0.3, -0.25) is 4.79 Å². The summed E-state index contributed by atoms with van der Waals surface area (Å²) in [4.78, 5) is 25.1. The van der Waals surface area contributed by atoms with Gasteiger partial charge in [-0.15, -0.1) is 0 Å². The van der Waals surface area contributed by atoms with Crippen LogP contribution in [0, 0.1) is 0 Å². The van der Waals surface area contributed by atoms with Crippen LogP contribution < -0.4 is 0 Å². The van der Waals surface area contributed by atoms with Crippen LogP contribution in [0.25, 0.3) is 0 Å². The summed E-state index contributed by atoms with van der Waals surface area (Å²) >= 11 is 0. The first kappa shape index (κ1) is 14.6. The molecule has 1 aliphatic rings. The topological polar surface area (TPSA) is 57.6 Å². The van der Waals surface area contributed by atoms with Crippen molar-refractivity contribution in [3.8, 4) is 0 Å². The molecule has 1 saturated heterocycles. The molecule has 1 aromatic carbocycles. The molecule has 0 aromatic heterocycles. The van der Waals surface area contributed by atoms with E-state index in [1.807, 2.05) is 44.2 Å². The third-order valence-corrected chi connectivity index (χ3v) is 4.01. The fourth-order valence-corrected chi connectivity index (χ4v) is 2.79. The molecule has 0 saturated carbocycles. The molecule has 0 radical (unpaired) electrons. The molecular formula is C16H21NO3. The molecule has 1 N–H and O–H groups in total. The van der Waals surface area contributed by atoms with E-state index >= 15 is 0 Å². The van der Waals surface area contributed by atoms with Gasteiger partial charge < -0.3 is 10.0 Å². The fraction of sp³-hybridized carbons (Fsp3) is 0.500. The minimum atomic E-state index is -0.895. The third kappa shape index (κ3) is 3.00. The van der Waals surface area contributed by atoms with E-state index < -0.39 is 12.0 Å². The van der Waals surface area contributed by atoms with Crippen molar-refractivity contribution in [1.82, 2.24) is 4.90 Å². The molecule has 108 valence electrons. The maximum Gasteiger partial charge on any atom is 0.326 e. The van der Waals surface area contributed by atoms with Gasteiger partial charge in [0.25, 0.3) is 0 Å². The molecule has 20 heavy (non-hydrogen) atoms. The lowest BCUT2D eigenvalue weighted by atomic mass is 9.81. The van der Waals surface area contributed by atoms with Gasteiger partial charge in [0.2, 0.25) is 5.91 Å². The Morgan fingerprint density at radius 2 is 1.95 bits per heavy atom. The minimum absolute atomic E-state index is 0.0660. The molecule has 1 aromatic rings. The molecular weight excluding hydrogens is 254 g/mol. The third-order valence-electron chi connectivity index (χ3n) is 4.01. The molecule has 4 nitrogen and oxygen atoms in total. The van der Waals surface area contributed by atoms with Crippen LogP contribution in [0.3, 0.4) is 0 Å². The number of carboxylic acid groups (broad SMARTS) is 1. The molecule has 1 atom stereocenters. The maximum absolute atomic E-state index is 12.4. The zero-order valence-corrected chi connectivity index (χ0v) is 12.0. The Bertz CT molecular complexity index is 496. The summed E-state index contributed by atoms with van der Waals surface area (Å²) in [5, 5.41) is 9.15. The number of carbonyl (C=O) groups excluding carboxylic acids is 1. The molecule has 0 unspecified atom stereocenters. The minimum Gasteiger partial charge on any atom is -0.480 e. The monoisotopic (exact) mass is 275 g/mol. The van der Waals surface area contributed by atoms with Crippen LogP contribution in [-0.4, -0.2) is 34.5 Å². The first-order chi connectivity index (χ1) is 9.42. The number of aliphatic carboxylic acids is 1. The number of nitrogens with zero attached hydrogens (tertiary/aromatic N) is 1. The first-order valence-electron chi connectivity index (χ1n) is 6.99. The van der Waals surface area contributed by atoms with E-state index in [-0.39, 0.29) is 11.3 Å². The SMILES string of the molecule is CC(C)(CC(=O)N1CCC[C@@H]1C(=O)O)c1ccccc1. The van der Waals surface area contributed by atoms with Gasteiger partial charge in [0, 0.05) is 13.0 Å². The summed E-state index contributed by atoms with van der Waals surface area (Å²) in [5.74, 6) is -0.961. The number of carbonyl (C=O) groups is 2. The lowest BCUT2D eigenvalue weighted by Gasteiger charge is -2.29. The lowest BCUT2D eigenvalue weighted by Crippen LogP contribution is -2.42. The van der Waals surface area contributed by atoms with Gasteiger partial charge in [-0.1, -0.05) is 44.2 Å². The number of rotatable bonds is 4. The van der Waals surface area contributed by atoms with Crippen molar-refractivity contribution in [1.29, 1.82) is 0 Å². The summed E-state index contributed by atoms with van der Waals surface area (Å²) in [6, 6.07) is 9.23. The molecule has 1 amide bonds. The second kappa shape index (κ2) is 5.65. The quantitative estimate of drug-likeness (QED) is 0.918. The van der Waals surface area contributed by atoms with Gasteiger partial charge in [-0.25, -0.2) is 4.79 Å². The van der Waals surface area contributed by atoms with Gasteiger partial charge in [0.1, 0.15) is 6.04 Å². The van der Waals surface area contributed by atoms with Gasteiger partial charge in [-0.05, 0) is 23.8 Å². The van der Waals surface area contributed by atoms with E-state index in [0.29, 0.717) is 19.4 Å². The van der Waals surface area contributed by atoms with Crippen LogP contribution in [0.1, 0.15) is 38.7 Å². The highest BCUT2D eigenvalue weighted by Crippen LogP contribution is 2.29. The smallest absolute Gasteiger partial charge is 0.326 e. The van der Waals surface area contributed by atoms with Crippen LogP contribution in [-0.2, 0) is 15.0 Å². The van der Waals surface area contributed by atoms with E-state index in [2.05, 4.69) is 0 Å². The van der Waals surface area contributed by atoms with E-state index in [9.17, 15) is 9.59 Å². The van der Waals surface area contributed by atoms with Crippen molar-refractivity contribution in [3.05, 3.63) is 35.9 Å². The number of benzene rings is 1. The number of amides is 1. The normalized spacial score (nSPS) is 19.1. The summed E-state index contributed by atoms with van der Waals surface area (Å²) in [6.07, 6.45) is 1.67. The van der Waals surface area contributed by atoms with Crippen LogP contribution in [0.15, 0.2) is 30.3 Å². The molecule has 1 aliphatic heterocycles. The Balaban J connectivity index is 2.09. The van der Waals surface area contributed by atoms with Crippen LogP contribution in [0.5, 0.6) is 0 Å². The summed E-state index contributed by atoms with van der Waals surface area (Å²) in [7, 11) is 0. The molecule has 4 heteroatoms. The Morgan fingerprint density at radius 3 is 2.55 bits per heavy atom. The predicted octanol–water partition coefficient (Wildman–Crippen LogP) is 2.43. The maximum atomic E-state index is 12.4. The molecule has 0 bridgehead atoms. The van der Waals surface area contributed by atoms with E-state index in [1.54, 1.807) is 0 Å². The predicted molar refractivity (Wildman–Crippen MR) is 76.5 cm³/mol. The second-order valence-electron chi connectivity index (χ2n) is 6.01. The van der Waals surface area contributed by atoms with Crippen molar-refractivity contribution in [2.75, 3.05) is 6.54 Å². The number of hydrogen-bond acceptors (Lipinski definition) is 2. The van der Waals surface area contributed by atoms with Crippen LogP contribution >= 0.6 is 0 Å². The van der Waals surface area contributed by atoms with Crippen molar-refractivity contribution in [3.63, 3.8) is 0 Å². The fourth-order valence-electron chi connectivity index (χ4n) is 2.79. The van der Waals surface area contributed by atoms with Crippen LogP contribution in [0.4, 0.5) is 0 Å². The largest absolute Gasteiger partial charge is 0.480 e. The first-order valence-corrected chi connectivity index (χ1v) is 6.99. The van der Waals surface area contributed by atoms with E-state index in [1.165, 1.54) is 4.90 Å². The molecule has 0 aliphatic carbocycles. The van der Waals surface area contributed by atoms with Gasteiger partial charge >= 0.3 is 5.97 Å². The second-order valence-corrected chi connectivity index (χ2v) is 6.01. The number of carboxylic acids is 1. The Morgan fingerprint density at radius 1 is 1.30 bits per heavy atom. The summed E-state index contributed by atoms with van der Waals surface area (Å²) in [5.41, 5.74) is 0.809. The standard InChI is InChI=1S/C16H21NO3/c1-16(2,12-7-4-3-5-8-12)11-14(18)17-10-6-9-13(17)15(19)20/h3-5,7-8,13H,6,9-11H2,1-2H3,(H,19,20)/t13-/m1/s1. The summed E-state index contributed by atoms with van der Waals surface area (Å²) < 4.78 is 0. The van der Waals surface area contributed by atoms with Crippen LogP contribution in [0.2, 0.25) is 0 Å². The van der Waals surface area contributed by atoms with Crippen molar-refractivity contribution in [2.24, 2.45) is 0 Å². The van der Waals surface area contributed by atoms with Gasteiger partial charge in [0.15, 0.2) is 0 Å².